The van der Waals surface area contributed by atoms with Crippen LogP contribution in [-0.2, 0) is 10.0 Å². The van der Waals surface area contributed by atoms with E-state index >= 15 is 0 Å². The predicted octanol–water partition coefficient (Wildman–Crippen LogP) is 3.88. The van der Waals surface area contributed by atoms with Gasteiger partial charge in [-0.15, -0.1) is 11.3 Å². The van der Waals surface area contributed by atoms with Crippen LogP contribution in [0, 0.1) is 0 Å². The molecule has 1 saturated carbocycles. The van der Waals surface area contributed by atoms with Crippen molar-refractivity contribution < 1.29 is 8.42 Å². The third kappa shape index (κ3) is 3.18. The third-order valence-electron chi connectivity index (χ3n) is 3.76. The van der Waals surface area contributed by atoms with Crippen LogP contribution in [0.2, 0.25) is 0 Å². The number of nitrogens with one attached hydrogen (secondary N) is 1. The minimum Gasteiger partial charge on any atom is -0.263 e. The summed E-state index contributed by atoms with van der Waals surface area (Å²) < 4.78 is 28.0. The topological polar surface area (TPSA) is 72.0 Å². The molecule has 5 nitrogen and oxygen atoms in total. The molecule has 1 fully saturated rings. The van der Waals surface area contributed by atoms with Gasteiger partial charge in [-0.25, -0.2) is 18.4 Å². The molecule has 0 radical (unpaired) electrons. The molecule has 0 saturated heterocycles. The Morgan fingerprint density at radius 1 is 1.04 bits per heavy atom. The zero-order valence-electron chi connectivity index (χ0n) is 12.7. The van der Waals surface area contributed by atoms with Gasteiger partial charge in [0.05, 0.1) is 0 Å². The van der Waals surface area contributed by atoms with E-state index in [1.165, 1.54) is 11.3 Å². The Bertz CT molecular complexity index is 964. The molecule has 3 aromatic rings. The maximum absolute atomic E-state index is 12.6. The highest BCUT2D eigenvalue weighted by molar-refractivity contribution is 7.94. The summed E-state index contributed by atoms with van der Waals surface area (Å²) in [7, 11) is -3.64. The summed E-state index contributed by atoms with van der Waals surface area (Å²) in [6, 6.07) is 14.7. The normalized spacial score (nSPS) is 14.5. The summed E-state index contributed by atoms with van der Waals surface area (Å²) in [5, 5.41) is 0. The number of hydrogen-bond acceptors (Lipinski definition) is 5. The summed E-state index contributed by atoms with van der Waals surface area (Å²) in [5.74, 6) is 1.41. The van der Waals surface area contributed by atoms with Gasteiger partial charge in [0.25, 0.3) is 10.0 Å². The lowest BCUT2D eigenvalue weighted by atomic mass is 10.2. The number of nitrogens with zero attached hydrogens (tertiary/aromatic N) is 2. The lowest BCUT2D eigenvalue weighted by Crippen LogP contribution is -2.13. The van der Waals surface area contributed by atoms with Crippen LogP contribution >= 0.6 is 11.3 Å². The summed E-state index contributed by atoms with van der Waals surface area (Å²) >= 11 is 1.24. The van der Waals surface area contributed by atoms with Crippen molar-refractivity contribution in [2.75, 3.05) is 4.72 Å². The highest BCUT2D eigenvalue weighted by Crippen LogP contribution is 2.38. The average molecular weight is 357 g/mol. The van der Waals surface area contributed by atoms with Crippen molar-refractivity contribution in [3.8, 4) is 10.4 Å². The van der Waals surface area contributed by atoms with Crippen LogP contribution in [0.25, 0.3) is 10.4 Å². The molecule has 0 aliphatic heterocycles. The van der Waals surface area contributed by atoms with Crippen molar-refractivity contribution in [3.05, 3.63) is 60.6 Å². The molecule has 1 aliphatic rings. The van der Waals surface area contributed by atoms with Gasteiger partial charge >= 0.3 is 0 Å². The van der Waals surface area contributed by atoms with Crippen molar-refractivity contribution in [1.82, 2.24) is 9.97 Å². The molecule has 1 aromatic carbocycles. The minimum absolute atomic E-state index is 0.271. The van der Waals surface area contributed by atoms with E-state index in [0.717, 1.165) is 23.3 Å². The van der Waals surface area contributed by atoms with E-state index in [1.807, 2.05) is 36.4 Å². The Kier molecular flexibility index (Phi) is 3.82. The molecule has 1 N–H and O–H groups in total. The Labute approximate surface area is 144 Å². The Morgan fingerprint density at radius 3 is 2.58 bits per heavy atom. The molecule has 0 atom stereocenters. The number of rotatable bonds is 5. The molecule has 0 amide bonds. The Hall–Kier alpha value is -2.25. The average Bonchev–Trinajstić information content (AvgIpc) is 3.31. The lowest BCUT2D eigenvalue weighted by molar-refractivity contribution is 0.603. The fourth-order valence-electron chi connectivity index (χ4n) is 2.38. The van der Waals surface area contributed by atoms with Crippen LogP contribution in [0.4, 0.5) is 5.82 Å². The van der Waals surface area contributed by atoms with Crippen LogP contribution in [0.1, 0.15) is 24.6 Å². The number of thiophene rings is 1. The fourth-order valence-corrected chi connectivity index (χ4v) is 4.69. The highest BCUT2D eigenvalue weighted by atomic mass is 32.2. The molecule has 7 heteroatoms. The van der Waals surface area contributed by atoms with Gasteiger partial charge in [-0.05, 0) is 36.6 Å². The molecule has 2 aromatic heterocycles. The quantitative estimate of drug-likeness (QED) is 0.752. The number of benzene rings is 1. The van der Waals surface area contributed by atoms with E-state index in [9.17, 15) is 8.42 Å². The first-order valence-corrected chi connectivity index (χ1v) is 9.93. The first-order valence-electron chi connectivity index (χ1n) is 7.63. The summed E-state index contributed by atoms with van der Waals surface area (Å²) in [6.45, 7) is 0. The summed E-state index contributed by atoms with van der Waals surface area (Å²) in [4.78, 5) is 9.43. The molecule has 24 heavy (non-hydrogen) atoms. The van der Waals surface area contributed by atoms with E-state index in [2.05, 4.69) is 14.7 Å². The van der Waals surface area contributed by atoms with Crippen LogP contribution in [0.3, 0.4) is 0 Å². The number of hydrogen-bond donors (Lipinski definition) is 1. The van der Waals surface area contributed by atoms with Crippen LogP contribution in [0.5, 0.6) is 0 Å². The van der Waals surface area contributed by atoms with Crippen LogP contribution < -0.4 is 4.72 Å². The van der Waals surface area contributed by atoms with Gasteiger partial charge in [-0.2, -0.15) is 0 Å². The second-order valence-corrected chi connectivity index (χ2v) is 8.66. The van der Waals surface area contributed by atoms with Gasteiger partial charge in [0.1, 0.15) is 15.9 Å². The van der Waals surface area contributed by atoms with Crippen molar-refractivity contribution in [2.45, 2.75) is 23.0 Å². The largest absolute Gasteiger partial charge is 0.272 e. The maximum Gasteiger partial charge on any atom is 0.272 e. The van der Waals surface area contributed by atoms with Crippen molar-refractivity contribution in [1.29, 1.82) is 0 Å². The second-order valence-electron chi connectivity index (χ2n) is 5.66. The van der Waals surface area contributed by atoms with Gasteiger partial charge in [-0.3, -0.25) is 4.72 Å². The van der Waals surface area contributed by atoms with Crippen molar-refractivity contribution in [3.63, 3.8) is 0 Å². The van der Waals surface area contributed by atoms with Crippen molar-refractivity contribution >= 4 is 27.2 Å². The van der Waals surface area contributed by atoms with E-state index in [0.29, 0.717) is 17.6 Å². The first kappa shape index (κ1) is 15.3. The van der Waals surface area contributed by atoms with Crippen LogP contribution in [0.15, 0.2) is 58.9 Å². The van der Waals surface area contributed by atoms with Gasteiger partial charge in [0.15, 0.2) is 0 Å². The first-order chi connectivity index (χ1) is 11.6. The lowest BCUT2D eigenvalue weighted by Gasteiger charge is -2.06. The smallest absolute Gasteiger partial charge is 0.263 e. The number of aromatic nitrogens is 2. The minimum atomic E-state index is -3.64. The van der Waals surface area contributed by atoms with E-state index in [-0.39, 0.29) is 4.21 Å². The molecule has 0 unspecified atom stereocenters. The predicted molar refractivity (Wildman–Crippen MR) is 94.6 cm³/mol. The number of anilines is 1. The van der Waals surface area contributed by atoms with Gasteiger partial charge < -0.3 is 0 Å². The molecule has 1 aliphatic carbocycles. The van der Waals surface area contributed by atoms with Gasteiger partial charge in [-0.1, -0.05) is 30.3 Å². The van der Waals surface area contributed by atoms with E-state index < -0.39 is 10.0 Å². The summed E-state index contributed by atoms with van der Waals surface area (Å²) in [6.07, 6.45) is 3.74. The second kappa shape index (κ2) is 5.99. The van der Waals surface area contributed by atoms with Gasteiger partial charge in [0.2, 0.25) is 0 Å². The summed E-state index contributed by atoms with van der Waals surface area (Å²) in [5.41, 5.74) is 1.00. The monoisotopic (exact) mass is 357 g/mol. The molecule has 0 spiro atoms. The SMILES string of the molecule is O=S(=O)(Nc1ccnc(C2CC2)n1)c1ccc(-c2ccccc2)s1. The Morgan fingerprint density at radius 2 is 1.83 bits per heavy atom. The molecule has 2 heterocycles. The van der Waals surface area contributed by atoms with Crippen molar-refractivity contribution in [2.24, 2.45) is 0 Å². The van der Waals surface area contributed by atoms with Crippen LogP contribution in [-0.4, -0.2) is 18.4 Å². The number of sulfonamides is 1. The van der Waals surface area contributed by atoms with Gasteiger partial charge in [0, 0.05) is 17.0 Å². The zero-order chi connectivity index (χ0) is 16.6. The molecule has 122 valence electrons. The molecule has 0 bridgehead atoms. The molecular weight excluding hydrogens is 342 g/mol. The Balaban J connectivity index is 1.59. The fraction of sp³-hybridized carbons (Fsp3) is 0.176. The standard InChI is InChI=1S/C17H15N3O2S2/c21-24(22,20-15-10-11-18-17(19-15)13-6-7-13)16-9-8-14(23-16)12-4-2-1-3-5-12/h1-5,8-11,13H,6-7H2,(H,18,19,20). The molecular formula is C17H15N3O2S2. The third-order valence-corrected chi connectivity index (χ3v) is 6.74. The molecule has 4 rings (SSSR count). The van der Waals surface area contributed by atoms with E-state index in [4.69, 9.17) is 0 Å². The maximum atomic E-state index is 12.6. The zero-order valence-corrected chi connectivity index (χ0v) is 14.3. The highest BCUT2D eigenvalue weighted by Gasteiger charge is 2.27. The van der Waals surface area contributed by atoms with E-state index in [1.54, 1.807) is 18.3 Å².